The summed E-state index contributed by atoms with van der Waals surface area (Å²) in [6, 6.07) is 7.34. The molecule has 108 valence electrons. The monoisotopic (exact) mass is 312 g/mol. The fourth-order valence-electron chi connectivity index (χ4n) is 2.72. The second-order valence-corrected chi connectivity index (χ2v) is 8.26. The average molecular weight is 312 g/mol. The van der Waals surface area contributed by atoms with Crippen LogP contribution in [-0.4, -0.2) is 43.0 Å². The standard InChI is InChI=1S/C13H16N2O3S2/c1-2-18-11-6-4-3-5-9(11)15-10-7-20(16,17)8-12(10)19-13(15)14/h3-6,10,12,14H,2,7-8H2,1H3/t10-,12+/m0/s1. The first-order chi connectivity index (χ1) is 9.52. The van der Waals surface area contributed by atoms with Crippen LogP contribution in [0, 0.1) is 5.41 Å². The van der Waals surface area contributed by atoms with Crippen molar-refractivity contribution in [1.82, 2.24) is 0 Å². The predicted molar refractivity (Wildman–Crippen MR) is 81.6 cm³/mol. The predicted octanol–water partition coefficient (Wildman–Crippen LogP) is 1.74. The molecule has 2 fully saturated rings. The lowest BCUT2D eigenvalue weighted by molar-refractivity contribution is 0.340. The second kappa shape index (κ2) is 4.96. The molecule has 3 rings (SSSR count). The number of nitrogens with one attached hydrogen (secondary N) is 1. The maximum Gasteiger partial charge on any atom is 0.161 e. The Labute approximate surface area is 122 Å². The molecule has 2 aliphatic heterocycles. The Balaban J connectivity index is 1.99. The van der Waals surface area contributed by atoms with Crippen molar-refractivity contribution in [2.24, 2.45) is 0 Å². The Morgan fingerprint density at radius 1 is 1.40 bits per heavy atom. The number of para-hydroxylation sites is 2. The minimum absolute atomic E-state index is 0.0396. The minimum Gasteiger partial charge on any atom is -0.492 e. The maximum absolute atomic E-state index is 11.8. The number of fused-ring (bicyclic) bond motifs is 1. The zero-order chi connectivity index (χ0) is 14.3. The van der Waals surface area contributed by atoms with Crippen molar-refractivity contribution in [3.05, 3.63) is 24.3 Å². The highest BCUT2D eigenvalue weighted by atomic mass is 32.2. The molecular formula is C13H16N2O3S2. The Morgan fingerprint density at radius 2 is 2.15 bits per heavy atom. The smallest absolute Gasteiger partial charge is 0.161 e. The molecule has 0 saturated carbocycles. The van der Waals surface area contributed by atoms with Gasteiger partial charge in [-0.1, -0.05) is 23.9 Å². The van der Waals surface area contributed by atoms with Gasteiger partial charge in [0.25, 0.3) is 0 Å². The van der Waals surface area contributed by atoms with Crippen LogP contribution in [0.1, 0.15) is 6.92 Å². The van der Waals surface area contributed by atoms with Gasteiger partial charge in [-0.25, -0.2) is 8.42 Å². The number of ether oxygens (including phenoxy) is 1. The van der Waals surface area contributed by atoms with E-state index in [0.717, 1.165) is 5.69 Å². The lowest BCUT2D eigenvalue weighted by Gasteiger charge is -2.25. The van der Waals surface area contributed by atoms with Gasteiger partial charge in [0.15, 0.2) is 15.0 Å². The Hall–Kier alpha value is -1.21. The minimum atomic E-state index is -2.99. The van der Waals surface area contributed by atoms with E-state index < -0.39 is 9.84 Å². The Bertz CT molecular complexity index is 645. The van der Waals surface area contributed by atoms with E-state index in [2.05, 4.69) is 0 Å². The average Bonchev–Trinajstić information content (AvgIpc) is 2.81. The van der Waals surface area contributed by atoms with Crippen molar-refractivity contribution in [3.63, 3.8) is 0 Å². The highest BCUT2D eigenvalue weighted by Gasteiger charge is 2.49. The number of benzene rings is 1. The van der Waals surface area contributed by atoms with Gasteiger partial charge in [-0.3, -0.25) is 5.41 Å². The van der Waals surface area contributed by atoms with E-state index in [4.69, 9.17) is 10.1 Å². The molecule has 0 spiro atoms. The fourth-order valence-corrected chi connectivity index (χ4v) is 6.51. The van der Waals surface area contributed by atoms with Crippen LogP contribution in [-0.2, 0) is 9.84 Å². The molecule has 0 aliphatic carbocycles. The van der Waals surface area contributed by atoms with Crippen LogP contribution in [0.25, 0.3) is 0 Å². The first-order valence-corrected chi connectivity index (χ1v) is 9.18. The van der Waals surface area contributed by atoms with Crippen molar-refractivity contribution in [1.29, 1.82) is 5.41 Å². The SMILES string of the molecule is CCOc1ccccc1N1C(=N)S[C@@H]2CS(=O)(=O)C[C@@H]21. The number of sulfone groups is 1. The van der Waals surface area contributed by atoms with Crippen molar-refractivity contribution >= 4 is 32.5 Å². The molecule has 20 heavy (non-hydrogen) atoms. The van der Waals surface area contributed by atoms with Crippen LogP contribution in [0.4, 0.5) is 5.69 Å². The highest BCUT2D eigenvalue weighted by Crippen LogP contribution is 2.43. The van der Waals surface area contributed by atoms with Gasteiger partial charge in [-0.05, 0) is 19.1 Å². The molecule has 0 amide bonds. The number of nitrogens with zero attached hydrogens (tertiary/aromatic N) is 1. The van der Waals surface area contributed by atoms with E-state index in [1.807, 2.05) is 36.1 Å². The molecule has 7 heteroatoms. The third-order valence-electron chi connectivity index (χ3n) is 3.51. The van der Waals surface area contributed by atoms with Crippen molar-refractivity contribution in [2.45, 2.75) is 18.2 Å². The molecule has 2 saturated heterocycles. The highest BCUT2D eigenvalue weighted by molar-refractivity contribution is 8.15. The van der Waals surface area contributed by atoms with Crippen LogP contribution in [0.15, 0.2) is 24.3 Å². The number of anilines is 1. The molecule has 0 radical (unpaired) electrons. The van der Waals surface area contributed by atoms with Gasteiger partial charge in [-0.15, -0.1) is 0 Å². The summed E-state index contributed by atoms with van der Waals surface area (Å²) in [6.45, 7) is 2.45. The zero-order valence-corrected chi connectivity index (χ0v) is 12.7. The third kappa shape index (κ3) is 2.29. The topological polar surface area (TPSA) is 70.5 Å². The molecule has 2 heterocycles. The lowest BCUT2D eigenvalue weighted by Crippen LogP contribution is -2.37. The summed E-state index contributed by atoms with van der Waals surface area (Å²) in [6.07, 6.45) is 0. The van der Waals surface area contributed by atoms with Gasteiger partial charge in [0.2, 0.25) is 0 Å². The van der Waals surface area contributed by atoms with Gasteiger partial charge in [-0.2, -0.15) is 0 Å². The van der Waals surface area contributed by atoms with E-state index in [1.54, 1.807) is 0 Å². The summed E-state index contributed by atoms with van der Waals surface area (Å²) in [4.78, 5) is 1.81. The van der Waals surface area contributed by atoms with Crippen LogP contribution >= 0.6 is 11.8 Å². The molecule has 1 aromatic rings. The summed E-state index contributed by atoms with van der Waals surface area (Å²) in [5.41, 5.74) is 0.788. The lowest BCUT2D eigenvalue weighted by atomic mass is 10.2. The Morgan fingerprint density at radius 3 is 2.90 bits per heavy atom. The summed E-state index contributed by atoms with van der Waals surface area (Å²) in [5, 5.41) is 8.50. The van der Waals surface area contributed by atoms with Crippen molar-refractivity contribution < 1.29 is 13.2 Å². The number of hydrogen-bond acceptors (Lipinski definition) is 5. The number of amidine groups is 1. The molecular weight excluding hydrogens is 296 g/mol. The van der Waals surface area contributed by atoms with E-state index in [-0.39, 0.29) is 22.8 Å². The van der Waals surface area contributed by atoms with Crippen molar-refractivity contribution in [3.8, 4) is 5.75 Å². The van der Waals surface area contributed by atoms with Crippen LogP contribution in [0.5, 0.6) is 5.75 Å². The van der Waals surface area contributed by atoms with Crippen LogP contribution in [0.2, 0.25) is 0 Å². The van der Waals surface area contributed by atoms with E-state index in [1.165, 1.54) is 11.8 Å². The fraction of sp³-hybridized carbons (Fsp3) is 0.462. The molecule has 1 N–H and O–H groups in total. The van der Waals surface area contributed by atoms with Crippen LogP contribution < -0.4 is 9.64 Å². The van der Waals surface area contributed by atoms with Gasteiger partial charge in [0.05, 0.1) is 29.8 Å². The summed E-state index contributed by atoms with van der Waals surface area (Å²) in [7, 11) is -2.99. The first-order valence-electron chi connectivity index (χ1n) is 6.48. The second-order valence-electron chi connectivity index (χ2n) is 4.88. The molecule has 5 nitrogen and oxygen atoms in total. The van der Waals surface area contributed by atoms with E-state index >= 15 is 0 Å². The van der Waals surface area contributed by atoms with Gasteiger partial charge in [0.1, 0.15) is 5.75 Å². The molecule has 0 bridgehead atoms. The first kappa shape index (κ1) is 13.8. The number of hydrogen-bond donors (Lipinski definition) is 1. The summed E-state index contributed by atoms with van der Waals surface area (Å²) >= 11 is 1.34. The van der Waals surface area contributed by atoms with Crippen molar-refractivity contribution in [2.75, 3.05) is 23.0 Å². The normalized spacial score (nSPS) is 27.6. The number of rotatable bonds is 3. The molecule has 0 aromatic heterocycles. The van der Waals surface area contributed by atoms with Gasteiger partial charge >= 0.3 is 0 Å². The van der Waals surface area contributed by atoms with Gasteiger partial charge < -0.3 is 9.64 Å². The molecule has 2 atom stereocenters. The zero-order valence-electron chi connectivity index (χ0n) is 11.1. The third-order valence-corrected chi connectivity index (χ3v) is 6.64. The quantitative estimate of drug-likeness (QED) is 0.920. The Kier molecular flexibility index (Phi) is 3.41. The number of thioether (sulfide) groups is 1. The van der Waals surface area contributed by atoms with Crippen LogP contribution in [0.3, 0.4) is 0 Å². The summed E-state index contributed by atoms with van der Waals surface area (Å²) < 4.78 is 29.2. The maximum atomic E-state index is 11.8. The molecule has 1 aromatic carbocycles. The van der Waals surface area contributed by atoms with E-state index in [9.17, 15) is 8.42 Å². The van der Waals surface area contributed by atoms with E-state index in [0.29, 0.717) is 17.5 Å². The largest absolute Gasteiger partial charge is 0.492 e. The molecule has 0 unspecified atom stereocenters. The van der Waals surface area contributed by atoms with Gasteiger partial charge in [0, 0.05) is 5.25 Å². The molecule has 2 aliphatic rings. The summed E-state index contributed by atoms with van der Waals surface area (Å²) in [5.74, 6) is 0.983.